The van der Waals surface area contributed by atoms with Crippen LogP contribution in [0.1, 0.15) is 32.1 Å². The summed E-state index contributed by atoms with van der Waals surface area (Å²) in [6.45, 7) is 6.39. The van der Waals surface area contributed by atoms with Crippen LogP contribution in [0.3, 0.4) is 0 Å². The molecule has 3 N–H and O–H groups in total. The van der Waals surface area contributed by atoms with Crippen LogP contribution < -0.4 is 10.6 Å². The molecule has 0 spiro atoms. The van der Waals surface area contributed by atoms with Crippen LogP contribution in [0.15, 0.2) is 6.07 Å². The number of anilines is 2. The molecule has 2 heterocycles. The van der Waals surface area contributed by atoms with E-state index in [1.807, 2.05) is 20.9 Å². The maximum Gasteiger partial charge on any atom is 0.225 e. The van der Waals surface area contributed by atoms with Crippen molar-refractivity contribution in [2.24, 2.45) is 0 Å². The lowest BCUT2D eigenvalue weighted by atomic mass is 10.0. The van der Waals surface area contributed by atoms with Crippen LogP contribution >= 0.6 is 11.3 Å². The molecule has 2 rings (SSSR count). The van der Waals surface area contributed by atoms with Crippen molar-refractivity contribution < 1.29 is 5.11 Å². The second-order valence-electron chi connectivity index (χ2n) is 5.13. The largest absolute Gasteiger partial charge is 0.388 e. The Labute approximate surface area is 123 Å². The summed E-state index contributed by atoms with van der Waals surface area (Å²) in [6, 6.07) is 2.13. The van der Waals surface area contributed by atoms with Gasteiger partial charge in [-0.1, -0.05) is 13.8 Å². The van der Waals surface area contributed by atoms with E-state index < -0.39 is 5.60 Å². The summed E-state index contributed by atoms with van der Waals surface area (Å²) in [6.07, 6.45) is 1.68. The summed E-state index contributed by atoms with van der Waals surface area (Å²) in [5, 5.41) is 17.4. The Morgan fingerprint density at radius 3 is 2.70 bits per heavy atom. The van der Waals surface area contributed by atoms with Gasteiger partial charge in [0, 0.05) is 18.5 Å². The zero-order valence-electron chi connectivity index (χ0n) is 12.4. The van der Waals surface area contributed by atoms with Gasteiger partial charge < -0.3 is 15.7 Å². The minimum absolute atomic E-state index is 0.468. The zero-order valence-corrected chi connectivity index (χ0v) is 13.3. The van der Waals surface area contributed by atoms with E-state index in [9.17, 15) is 5.11 Å². The van der Waals surface area contributed by atoms with Crippen molar-refractivity contribution in [1.82, 2.24) is 9.97 Å². The predicted octanol–water partition coefficient (Wildman–Crippen LogP) is 2.87. The lowest BCUT2D eigenvalue weighted by Gasteiger charge is -2.22. The average molecular weight is 294 g/mol. The summed E-state index contributed by atoms with van der Waals surface area (Å²) in [7, 11) is 1.81. The van der Waals surface area contributed by atoms with Gasteiger partial charge in [0.1, 0.15) is 10.6 Å². The summed E-state index contributed by atoms with van der Waals surface area (Å²) < 4.78 is 0. The van der Waals surface area contributed by atoms with Crippen LogP contribution in [-0.4, -0.2) is 34.3 Å². The van der Waals surface area contributed by atoms with Crippen molar-refractivity contribution in [2.45, 2.75) is 39.2 Å². The van der Waals surface area contributed by atoms with E-state index in [-0.39, 0.29) is 0 Å². The fourth-order valence-corrected chi connectivity index (χ4v) is 2.76. The van der Waals surface area contributed by atoms with Crippen molar-refractivity contribution >= 4 is 33.3 Å². The molecule has 0 aliphatic carbocycles. The van der Waals surface area contributed by atoms with E-state index in [2.05, 4.69) is 33.6 Å². The molecule has 2 aromatic heterocycles. The fraction of sp³-hybridized carbons (Fsp3) is 0.571. The molecule has 0 fully saturated rings. The highest BCUT2D eigenvalue weighted by Crippen LogP contribution is 2.30. The molecule has 1 atom stereocenters. The SMILES string of the molecule is CCc1cc2c(NCC(C)(O)CC)nc(NC)nc2s1. The molecule has 0 aliphatic heterocycles. The van der Waals surface area contributed by atoms with Gasteiger partial charge in [-0.3, -0.25) is 0 Å². The van der Waals surface area contributed by atoms with Crippen LogP contribution in [0.4, 0.5) is 11.8 Å². The number of nitrogens with one attached hydrogen (secondary N) is 2. The average Bonchev–Trinajstić information content (AvgIpc) is 2.87. The third-order valence-corrected chi connectivity index (χ3v) is 4.59. The van der Waals surface area contributed by atoms with Gasteiger partial charge >= 0.3 is 0 Å². The molecule has 0 aliphatic rings. The van der Waals surface area contributed by atoms with Crippen molar-refractivity contribution in [2.75, 3.05) is 24.2 Å². The number of aromatic nitrogens is 2. The third-order valence-electron chi connectivity index (χ3n) is 3.41. The number of nitrogens with zero attached hydrogens (tertiary/aromatic N) is 2. The molecule has 0 saturated carbocycles. The van der Waals surface area contributed by atoms with Crippen molar-refractivity contribution in [3.63, 3.8) is 0 Å². The second-order valence-corrected chi connectivity index (χ2v) is 6.25. The van der Waals surface area contributed by atoms with Crippen LogP contribution in [0, 0.1) is 0 Å². The molecule has 1 unspecified atom stereocenters. The number of hydrogen-bond acceptors (Lipinski definition) is 6. The summed E-state index contributed by atoms with van der Waals surface area (Å²) in [4.78, 5) is 11.2. The lowest BCUT2D eigenvalue weighted by molar-refractivity contribution is 0.0697. The van der Waals surface area contributed by atoms with Gasteiger partial charge in [0.15, 0.2) is 0 Å². The Morgan fingerprint density at radius 2 is 2.10 bits per heavy atom. The van der Waals surface area contributed by atoms with E-state index in [1.165, 1.54) is 4.88 Å². The first-order chi connectivity index (χ1) is 9.49. The van der Waals surface area contributed by atoms with Crippen molar-refractivity contribution in [3.05, 3.63) is 10.9 Å². The smallest absolute Gasteiger partial charge is 0.225 e. The Bertz CT molecular complexity index is 594. The van der Waals surface area contributed by atoms with Gasteiger partial charge in [0.2, 0.25) is 5.95 Å². The normalized spacial score (nSPS) is 14.2. The summed E-state index contributed by atoms with van der Waals surface area (Å²) in [5.74, 6) is 1.38. The molecule has 6 heteroatoms. The monoisotopic (exact) mass is 294 g/mol. The summed E-state index contributed by atoms with van der Waals surface area (Å²) in [5.41, 5.74) is -0.735. The molecule has 0 amide bonds. The highest BCUT2D eigenvalue weighted by Gasteiger charge is 2.19. The number of aryl methyl sites for hydroxylation is 1. The Morgan fingerprint density at radius 1 is 1.35 bits per heavy atom. The molecular weight excluding hydrogens is 272 g/mol. The number of fused-ring (bicyclic) bond motifs is 1. The topological polar surface area (TPSA) is 70.1 Å². The van der Waals surface area contributed by atoms with Crippen LogP contribution in [-0.2, 0) is 6.42 Å². The molecule has 0 aromatic carbocycles. The molecule has 2 aromatic rings. The van der Waals surface area contributed by atoms with Gasteiger partial charge in [-0.15, -0.1) is 11.3 Å². The number of rotatable bonds is 6. The summed E-state index contributed by atoms with van der Waals surface area (Å²) >= 11 is 1.69. The second kappa shape index (κ2) is 5.93. The number of thiophene rings is 1. The van der Waals surface area contributed by atoms with Gasteiger partial charge in [-0.25, -0.2) is 4.98 Å². The van der Waals surface area contributed by atoms with E-state index in [4.69, 9.17) is 0 Å². The lowest BCUT2D eigenvalue weighted by Crippen LogP contribution is -2.32. The molecular formula is C14H22N4OS. The van der Waals surface area contributed by atoms with Crippen molar-refractivity contribution in [1.29, 1.82) is 0 Å². The number of aliphatic hydroxyl groups is 1. The molecule has 110 valence electrons. The third kappa shape index (κ3) is 3.19. The van der Waals surface area contributed by atoms with Gasteiger partial charge in [0.25, 0.3) is 0 Å². The first-order valence-corrected chi connectivity index (χ1v) is 7.75. The van der Waals surface area contributed by atoms with E-state index in [0.717, 1.165) is 22.5 Å². The van der Waals surface area contributed by atoms with Gasteiger partial charge in [-0.2, -0.15) is 4.98 Å². The van der Waals surface area contributed by atoms with Crippen LogP contribution in [0.25, 0.3) is 10.2 Å². The maximum absolute atomic E-state index is 10.1. The minimum atomic E-state index is -0.735. The standard InChI is InChI=1S/C14H22N4OS/c1-5-9-7-10-11(16-8-14(3,19)6-2)17-13(15-4)18-12(10)20-9/h7,19H,5-6,8H2,1-4H3,(H2,15,16,17,18). The molecule has 0 bridgehead atoms. The zero-order chi connectivity index (χ0) is 14.8. The van der Waals surface area contributed by atoms with E-state index in [0.29, 0.717) is 18.9 Å². The highest BCUT2D eigenvalue weighted by molar-refractivity contribution is 7.18. The molecule has 20 heavy (non-hydrogen) atoms. The van der Waals surface area contributed by atoms with E-state index in [1.54, 1.807) is 11.3 Å². The Kier molecular flexibility index (Phi) is 4.45. The predicted molar refractivity (Wildman–Crippen MR) is 85.7 cm³/mol. The quantitative estimate of drug-likeness (QED) is 0.764. The first-order valence-electron chi connectivity index (χ1n) is 6.93. The Balaban J connectivity index is 2.36. The van der Waals surface area contributed by atoms with Gasteiger partial charge in [0.05, 0.1) is 11.0 Å². The van der Waals surface area contributed by atoms with Crippen LogP contribution in [0.2, 0.25) is 0 Å². The van der Waals surface area contributed by atoms with Crippen LogP contribution in [0.5, 0.6) is 0 Å². The highest BCUT2D eigenvalue weighted by atomic mass is 32.1. The molecule has 5 nitrogen and oxygen atoms in total. The molecule has 0 saturated heterocycles. The first kappa shape index (κ1) is 15.0. The van der Waals surface area contributed by atoms with Crippen molar-refractivity contribution in [3.8, 4) is 0 Å². The van der Waals surface area contributed by atoms with Gasteiger partial charge in [-0.05, 0) is 25.8 Å². The van der Waals surface area contributed by atoms with E-state index >= 15 is 0 Å². The fourth-order valence-electron chi connectivity index (χ4n) is 1.79. The minimum Gasteiger partial charge on any atom is -0.388 e. The molecule has 0 radical (unpaired) electrons. The Hall–Kier alpha value is -1.40. The number of hydrogen-bond donors (Lipinski definition) is 3. The maximum atomic E-state index is 10.1.